The van der Waals surface area contributed by atoms with Gasteiger partial charge in [-0.05, 0) is 25.2 Å². The van der Waals surface area contributed by atoms with Crippen LogP contribution >= 0.6 is 0 Å². The Morgan fingerprint density at radius 1 is 1.50 bits per heavy atom. The Bertz CT molecular complexity index is 86.7. The Morgan fingerprint density at radius 3 is 2.50 bits per heavy atom. The summed E-state index contributed by atoms with van der Waals surface area (Å²) in [7, 11) is 0. The van der Waals surface area contributed by atoms with Crippen molar-refractivity contribution in [2.24, 2.45) is 11.7 Å². The van der Waals surface area contributed by atoms with E-state index in [4.69, 9.17) is 5.73 Å². The topological polar surface area (TPSA) is 26.0 Å². The van der Waals surface area contributed by atoms with Crippen molar-refractivity contribution >= 4 is 0 Å². The van der Waals surface area contributed by atoms with E-state index in [0.29, 0.717) is 6.04 Å². The summed E-state index contributed by atoms with van der Waals surface area (Å²) in [6.45, 7) is 8.06. The lowest BCUT2D eigenvalue weighted by Gasteiger charge is -2.11. The van der Waals surface area contributed by atoms with E-state index in [9.17, 15) is 0 Å². The van der Waals surface area contributed by atoms with E-state index < -0.39 is 0 Å². The molecule has 0 aromatic rings. The first-order valence-electron chi connectivity index (χ1n) is 4.03. The molecular formula is C9H19N. The van der Waals surface area contributed by atoms with Gasteiger partial charge in [0.2, 0.25) is 0 Å². The number of hydrogen-bond acceptors (Lipinski definition) is 1. The maximum absolute atomic E-state index is 5.81. The molecule has 0 aromatic heterocycles. The molecule has 0 fully saturated rings. The highest BCUT2D eigenvalue weighted by Crippen LogP contribution is 2.07. The molecule has 0 bridgehead atoms. The van der Waals surface area contributed by atoms with E-state index in [0.717, 1.165) is 25.2 Å². The van der Waals surface area contributed by atoms with Gasteiger partial charge in [0, 0.05) is 6.04 Å². The van der Waals surface area contributed by atoms with Crippen LogP contribution in [0.25, 0.3) is 0 Å². The molecule has 0 rings (SSSR count). The van der Waals surface area contributed by atoms with Gasteiger partial charge in [0.25, 0.3) is 0 Å². The summed E-state index contributed by atoms with van der Waals surface area (Å²) >= 11 is 0. The molecule has 0 spiro atoms. The zero-order valence-electron chi connectivity index (χ0n) is 7.14. The highest BCUT2D eigenvalue weighted by molar-refractivity contribution is 4.71. The molecule has 0 heterocycles. The fraction of sp³-hybridized carbons (Fsp3) is 0.778. The standard InChI is InChI=1S/C9H19N/c1-4-5-6-9(10)7-8(2)3/h4,8-9H,1,5-7,10H2,2-3H3. The van der Waals surface area contributed by atoms with Crippen LogP contribution in [0.2, 0.25) is 0 Å². The molecule has 1 unspecified atom stereocenters. The van der Waals surface area contributed by atoms with Crippen LogP contribution in [0, 0.1) is 5.92 Å². The first kappa shape index (κ1) is 9.70. The number of rotatable bonds is 5. The average molecular weight is 141 g/mol. The summed E-state index contributed by atoms with van der Waals surface area (Å²) in [6, 6.07) is 0.373. The Kier molecular flexibility index (Phi) is 5.32. The van der Waals surface area contributed by atoms with Crippen molar-refractivity contribution in [3.8, 4) is 0 Å². The highest BCUT2D eigenvalue weighted by atomic mass is 14.6. The Balaban J connectivity index is 3.24. The normalized spacial score (nSPS) is 13.6. The lowest BCUT2D eigenvalue weighted by atomic mass is 10.0. The molecular weight excluding hydrogens is 122 g/mol. The van der Waals surface area contributed by atoms with Crippen molar-refractivity contribution in [2.75, 3.05) is 0 Å². The van der Waals surface area contributed by atoms with E-state index in [1.807, 2.05) is 6.08 Å². The van der Waals surface area contributed by atoms with Gasteiger partial charge in [-0.2, -0.15) is 0 Å². The van der Waals surface area contributed by atoms with E-state index in [2.05, 4.69) is 20.4 Å². The third-order valence-corrected chi connectivity index (χ3v) is 1.52. The molecule has 1 atom stereocenters. The number of allylic oxidation sites excluding steroid dienone is 1. The second-order valence-corrected chi connectivity index (χ2v) is 3.26. The van der Waals surface area contributed by atoms with Crippen LogP contribution in [0.3, 0.4) is 0 Å². The minimum atomic E-state index is 0.373. The molecule has 0 amide bonds. The first-order chi connectivity index (χ1) is 4.66. The van der Waals surface area contributed by atoms with Crippen LogP contribution < -0.4 is 5.73 Å². The van der Waals surface area contributed by atoms with Gasteiger partial charge in [-0.1, -0.05) is 19.9 Å². The quantitative estimate of drug-likeness (QED) is 0.584. The zero-order valence-corrected chi connectivity index (χ0v) is 7.14. The Hall–Kier alpha value is -0.300. The molecule has 60 valence electrons. The monoisotopic (exact) mass is 141 g/mol. The minimum Gasteiger partial charge on any atom is -0.328 e. The molecule has 0 saturated heterocycles. The average Bonchev–Trinajstić information content (AvgIpc) is 1.82. The minimum absolute atomic E-state index is 0.373. The largest absolute Gasteiger partial charge is 0.328 e. The van der Waals surface area contributed by atoms with Crippen LogP contribution in [0.5, 0.6) is 0 Å². The highest BCUT2D eigenvalue weighted by Gasteiger charge is 2.02. The smallest absolute Gasteiger partial charge is 0.00442 e. The molecule has 1 nitrogen and oxygen atoms in total. The van der Waals surface area contributed by atoms with E-state index >= 15 is 0 Å². The summed E-state index contributed by atoms with van der Waals surface area (Å²) in [5.74, 6) is 0.722. The molecule has 0 aromatic carbocycles. The van der Waals surface area contributed by atoms with Gasteiger partial charge in [0.05, 0.1) is 0 Å². The summed E-state index contributed by atoms with van der Waals surface area (Å²) in [4.78, 5) is 0. The van der Waals surface area contributed by atoms with Crippen LogP contribution in [0.1, 0.15) is 33.1 Å². The maximum Gasteiger partial charge on any atom is 0.00442 e. The van der Waals surface area contributed by atoms with E-state index in [1.165, 1.54) is 0 Å². The molecule has 0 aliphatic carbocycles. The van der Waals surface area contributed by atoms with Crippen molar-refractivity contribution in [3.05, 3.63) is 12.7 Å². The fourth-order valence-electron chi connectivity index (χ4n) is 1.06. The van der Waals surface area contributed by atoms with Crippen LogP contribution in [0.4, 0.5) is 0 Å². The predicted octanol–water partition coefficient (Wildman–Crippen LogP) is 2.33. The predicted molar refractivity (Wildman–Crippen MR) is 46.9 cm³/mol. The molecule has 0 aliphatic rings. The Morgan fingerprint density at radius 2 is 2.10 bits per heavy atom. The molecule has 10 heavy (non-hydrogen) atoms. The lowest BCUT2D eigenvalue weighted by Crippen LogP contribution is -2.21. The number of nitrogens with two attached hydrogens (primary N) is 1. The summed E-state index contributed by atoms with van der Waals surface area (Å²) < 4.78 is 0. The van der Waals surface area contributed by atoms with Gasteiger partial charge in [-0.25, -0.2) is 0 Å². The van der Waals surface area contributed by atoms with Crippen molar-refractivity contribution < 1.29 is 0 Å². The summed E-state index contributed by atoms with van der Waals surface area (Å²) in [6.07, 6.45) is 5.20. The Labute approximate surface area is 64.3 Å². The number of hydrogen-bond donors (Lipinski definition) is 1. The van der Waals surface area contributed by atoms with Gasteiger partial charge >= 0.3 is 0 Å². The summed E-state index contributed by atoms with van der Waals surface area (Å²) in [5.41, 5.74) is 5.81. The summed E-state index contributed by atoms with van der Waals surface area (Å²) in [5, 5.41) is 0. The molecule has 0 radical (unpaired) electrons. The van der Waals surface area contributed by atoms with Crippen molar-refractivity contribution in [3.63, 3.8) is 0 Å². The molecule has 2 N–H and O–H groups in total. The third-order valence-electron chi connectivity index (χ3n) is 1.52. The molecule has 1 heteroatoms. The van der Waals surface area contributed by atoms with Gasteiger partial charge < -0.3 is 5.73 Å². The van der Waals surface area contributed by atoms with Crippen molar-refractivity contribution in [1.82, 2.24) is 0 Å². The lowest BCUT2D eigenvalue weighted by molar-refractivity contribution is 0.476. The molecule has 0 saturated carbocycles. The van der Waals surface area contributed by atoms with Crippen LogP contribution in [0.15, 0.2) is 12.7 Å². The SMILES string of the molecule is C=CCCC(N)CC(C)C. The second-order valence-electron chi connectivity index (χ2n) is 3.26. The second kappa shape index (κ2) is 5.48. The van der Waals surface area contributed by atoms with E-state index in [1.54, 1.807) is 0 Å². The van der Waals surface area contributed by atoms with Gasteiger partial charge in [0.1, 0.15) is 0 Å². The third kappa shape index (κ3) is 5.83. The van der Waals surface area contributed by atoms with Crippen LogP contribution in [-0.4, -0.2) is 6.04 Å². The van der Waals surface area contributed by atoms with Crippen molar-refractivity contribution in [2.45, 2.75) is 39.2 Å². The zero-order chi connectivity index (χ0) is 7.98. The maximum atomic E-state index is 5.81. The fourth-order valence-corrected chi connectivity index (χ4v) is 1.06. The van der Waals surface area contributed by atoms with Gasteiger partial charge in [-0.15, -0.1) is 6.58 Å². The van der Waals surface area contributed by atoms with Gasteiger partial charge in [0.15, 0.2) is 0 Å². The first-order valence-corrected chi connectivity index (χ1v) is 4.03. The van der Waals surface area contributed by atoms with Crippen LogP contribution in [-0.2, 0) is 0 Å². The van der Waals surface area contributed by atoms with E-state index in [-0.39, 0.29) is 0 Å². The van der Waals surface area contributed by atoms with Gasteiger partial charge in [-0.3, -0.25) is 0 Å². The van der Waals surface area contributed by atoms with Crippen molar-refractivity contribution in [1.29, 1.82) is 0 Å². The molecule has 0 aliphatic heterocycles.